The van der Waals surface area contributed by atoms with E-state index in [1.165, 1.54) is 12.1 Å². The Morgan fingerprint density at radius 3 is 2.40 bits per heavy atom. The normalized spacial score (nSPS) is 11.3. The fraction of sp³-hybridized carbons (Fsp3) is 0.0952. The van der Waals surface area contributed by atoms with Crippen LogP contribution in [0.5, 0.6) is 5.75 Å². The highest BCUT2D eigenvalue weighted by atomic mass is 32.2. The summed E-state index contributed by atoms with van der Waals surface area (Å²) in [5.41, 5.74) is 1.83. The van der Waals surface area contributed by atoms with Gasteiger partial charge >= 0.3 is 0 Å². The van der Waals surface area contributed by atoms with Crippen LogP contribution in [0.1, 0.15) is 11.4 Å². The Balaban J connectivity index is 1.36. The second kappa shape index (κ2) is 8.85. The predicted molar refractivity (Wildman–Crippen MR) is 111 cm³/mol. The SMILES string of the molecule is O=S(=O)(NCc1nc(-c2ccncc2)n[nH]1)c1ccc(OCc2ccccc2)cc1. The van der Waals surface area contributed by atoms with Crippen molar-refractivity contribution < 1.29 is 13.2 Å². The molecule has 0 fully saturated rings. The zero-order valence-electron chi connectivity index (χ0n) is 15.9. The zero-order chi connectivity index (χ0) is 20.8. The van der Waals surface area contributed by atoms with Gasteiger partial charge in [0.2, 0.25) is 10.0 Å². The first-order valence-electron chi connectivity index (χ1n) is 9.18. The van der Waals surface area contributed by atoms with Gasteiger partial charge in [-0.15, -0.1) is 0 Å². The lowest BCUT2D eigenvalue weighted by Crippen LogP contribution is -2.23. The molecule has 9 heteroatoms. The number of nitrogens with one attached hydrogen (secondary N) is 2. The van der Waals surface area contributed by atoms with E-state index in [1.807, 2.05) is 30.3 Å². The van der Waals surface area contributed by atoms with Crippen LogP contribution >= 0.6 is 0 Å². The topological polar surface area (TPSA) is 110 Å². The van der Waals surface area contributed by atoms with Gasteiger partial charge in [-0.05, 0) is 42.0 Å². The molecular weight excluding hydrogens is 402 g/mol. The summed E-state index contributed by atoms with van der Waals surface area (Å²) in [6.07, 6.45) is 3.28. The Kier molecular flexibility index (Phi) is 5.82. The van der Waals surface area contributed by atoms with Gasteiger partial charge in [0, 0.05) is 18.0 Å². The van der Waals surface area contributed by atoms with Crippen molar-refractivity contribution in [2.24, 2.45) is 0 Å². The Labute approximate surface area is 174 Å². The van der Waals surface area contributed by atoms with Crippen molar-refractivity contribution >= 4 is 10.0 Å². The number of hydrogen-bond acceptors (Lipinski definition) is 6. The molecule has 4 rings (SSSR count). The maximum Gasteiger partial charge on any atom is 0.240 e. The van der Waals surface area contributed by atoms with E-state index in [4.69, 9.17) is 4.74 Å². The van der Waals surface area contributed by atoms with E-state index in [1.54, 1.807) is 36.7 Å². The number of nitrogens with zero attached hydrogens (tertiary/aromatic N) is 3. The number of ether oxygens (including phenoxy) is 1. The summed E-state index contributed by atoms with van der Waals surface area (Å²) >= 11 is 0. The van der Waals surface area contributed by atoms with Crippen molar-refractivity contribution in [2.75, 3.05) is 0 Å². The minimum Gasteiger partial charge on any atom is -0.489 e. The summed E-state index contributed by atoms with van der Waals surface area (Å²) < 4.78 is 33.3. The molecule has 8 nitrogen and oxygen atoms in total. The van der Waals surface area contributed by atoms with Gasteiger partial charge in [-0.3, -0.25) is 10.1 Å². The first kappa shape index (κ1) is 19.7. The van der Waals surface area contributed by atoms with Crippen molar-refractivity contribution in [3.05, 3.63) is 90.5 Å². The monoisotopic (exact) mass is 421 g/mol. The van der Waals surface area contributed by atoms with Crippen LogP contribution in [0.3, 0.4) is 0 Å². The quantitative estimate of drug-likeness (QED) is 0.453. The minimum absolute atomic E-state index is 0.00727. The molecule has 2 aromatic carbocycles. The summed E-state index contributed by atoms with van der Waals surface area (Å²) in [6.45, 7) is 0.406. The summed E-state index contributed by atoms with van der Waals surface area (Å²) in [5, 5.41) is 6.84. The highest BCUT2D eigenvalue weighted by Gasteiger charge is 2.15. The lowest BCUT2D eigenvalue weighted by Gasteiger charge is -2.08. The maximum absolute atomic E-state index is 12.6. The van der Waals surface area contributed by atoms with Crippen LogP contribution in [0.25, 0.3) is 11.4 Å². The number of H-pyrrole nitrogens is 1. The molecule has 0 saturated carbocycles. The molecule has 2 heterocycles. The van der Waals surface area contributed by atoms with Crippen LogP contribution in [0.2, 0.25) is 0 Å². The number of aromatic nitrogens is 4. The molecule has 0 radical (unpaired) electrons. The summed E-state index contributed by atoms with van der Waals surface area (Å²) in [5.74, 6) is 1.48. The number of pyridine rings is 1. The molecule has 0 amide bonds. The van der Waals surface area contributed by atoms with Gasteiger partial charge < -0.3 is 4.74 Å². The standard InChI is InChI=1S/C21H19N5O3S/c27-30(28,23-14-20-24-21(26-25-20)17-10-12-22-13-11-17)19-8-6-18(7-9-19)29-15-16-4-2-1-3-5-16/h1-13,23H,14-15H2,(H,24,25,26). The van der Waals surface area contributed by atoms with E-state index in [9.17, 15) is 8.42 Å². The van der Waals surface area contributed by atoms with Crippen LogP contribution < -0.4 is 9.46 Å². The summed E-state index contributed by atoms with van der Waals surface area (Å²) in [6, 6.07) is 19.6. The molecule has 0 saturated heterocycles. The van der Waals surface area contributed by atoms with E-state index in [0.717, 1.165) is 11.1 Å². The Hall–Kier alpha value is -3.56. The molecule has 0 unspecified atom stereocenters. The Morgan fingerprint density at radius 1 is 0.933 bits per heavy atom. The van der Waals surface area contributed by atoms with E-state index >= 15 is 0 Å². The van der Waals surface area contributed by atoms with Gasteiger partial charge in [-0.1, -0.05) is 30.3 Å². The molecule has 152 valence electrons. The van der Waals surface area contributed by atoms with E-state index < -0.39 is 10.0 Å². The van der Waals surface area contributed by atoms with E-state index in [2.05, 4.69) is 24.9 Å². The van der Waals surface area contributed by atoms with Gasteiger partial charge in [0.25, 0.3) is 0 Å². The Morgan fingerprint density at radius 2 is 1.67 bits per heavy atom. The molecular formula is C21H19N5O3S. The number of hydrogen-bond donors (Lipinski definition) is 2. The van der Waals surface area contributed by atoms with Crippen LogP contribution in [0.4, 0.5) is 0 Å². The minimum atomic E-state index is -3.70. The van der Waals surface area contributed by atoms with Crippen LogP contribution in [0, 0.1) is 0 Å². The largest absolute Gasteiger partial charge is 0.489 e. The summed E-state index contributed by atoms with van der Waals surface area (Å²) in [4.78, 5) is 8.39. The van der Waals surface area contributed by atoms with Gasteiger partial charge in [-0.2, -0.15) is 5.10 Å². The molecule has 0 aliphatic rings. The maximum atomic E-state index is 12.6. The number of rotatable bonds is 8. The number of aromatic amines is 1. The number of benzene rings is 2. The third kappa shape index (κ3) is 4.88. The van der Waals surface area contributed by atoms with E-state index in [0.29, 0.717) is 24.0 Å². The van der Waals surface area contributed by atoms with Gasteiger partial charge in [-0.25, -0.2) is 18.1 Å². The lowest BCUT2D eigenvalue weighted by atomic mass is 10.2. The lowest BCUT2D eigenvalue weighted by molar-refractivity contribution is 0.306. The van der Waals surface area contributed by atoms with Crippen molar-refractivity contribution in [1.82, 2.24) is 24.9 Å². The van der Waals surface area contributed by atoms with Gasteiger partial charge in [0.05, 0.1) is 11.4 Å². The smallest absolute Gasteiger partial charge is 0.240 e. The molecule has 2 N–H and O–H groups in total. The fourth-order valence-corrected chi connectivity index (χ4v) is 3.69. The molecule has 0 bridgehead atoms. The van der Waals surface area contributed by atoms with Gasteiger partial charge in [0.1, 0.15) is 18.2 Å². The highest BCUT2D eigenvalue weighted by Crippen LogP contribution is 2.18. The number of sulfonamides is 1. The molecule has 30 heavy (non-hydrogen) atoms. The van der Waals surface area contributed by atoms with Crippen molar-refractivity contribution in [3.63, 3.8) is 0 Å². The van der Waals surface area contributed by atoms with Crippen LogP contribution in [0.15, 0.2) is 84.0 Å². The average Bonchev–Trinajstić information content (AvgIpc) is 3.27. The molecule has 0 spiro atoms. The van der Waals surface area contributed by atoms with Crippen molar-refractivity contribution in [2.45, 2.75) is 18.0 Å². The first-order valence-corrected chi connectivity index (χ1v) is 10.7. The molecule has 0 aliphatic carbocycles. The van der Waals surface area contributed by atoms with Crippen LogP contribution in [-0.4, -0.2) is 28.6 Å². The first-order chi connectivity index (χ1) is 14.6. The van der Waals surface area contributed by atoms with E-state index in [-0.39, 0.29) is 11.4 Å². The Bertz CT molecular complexity index is 1190. The summed E-state index contributed by atoms with van der Waals surface area (Å²) in [7, 11) is -3.70. The predicted octanol–water partition coefficient (Wildman–Crippen LogP) is 2.92. The van der Waals surface area contributed by atoms with Crippen molar-refractivity contribution in [3.8, 4) is 17.1 Å². The zero-order valence-corrected chi connectivity index (χ0v) is 16.7. The van der Waals surface area contributed by atoms with Crippen molar-refractivity contribution in [1.29, 1.82) is 0 Å². The molecule has 2 aromatic heterocycles. The van der Waals surface area contributed by atoms with Crippen LogP contribution in [-0.2, 0) is 23.2 Å². The third-order valence-corrected chi connectivity index (χ3v) is 5.70. The third-order valence-electron chi connectivity index (χ3n) is 4.28. The molecule has 4 aromatic rings. The van der Waals surface area contributed by atoms with Gasteiger partial charge in [0.15, 0.2) is 5.82 Å². The average molecular weight is 421 g/mol. The fourth-order valence-electron chi connectivity index (χ4n) is 2.71. The second-order valence-electron chi connectivity index (χ2n) is 6.41. The molecule has 0 aliphatic heterocycles. The second-order valence-corrected chi connectivity index (χ2v) is 8.18. The molecule has 0 atom stereocenters. The highest BCUT2D eigenvalue weighted by molar-refractivity contribution is 7.89.